The quantitative estimate of drug-likeness (QED) is 0.577. The largest absolute Gasteiger partial charge is 0.336 e. The molecule has 150 valence electrons. The fraction of sp³-hybridized carbons (Fsp3) is 0.348. The molecule has 1 N–H and O–H groups in total. The van der Waals surface area contributed by atoms with Crippen molar-refractivity contribution in [2.24, 2.45) is 5.92 Å². The molecular formula is C23H24N2O4. The van der Waals surface area contributed by atoms with Crippen LogP contribution >= 0.6 is 0 Å². The first-order valence-electron chi connectivity index (χ1n) is 10.1. The molecule has 2 aromatic rings. The normalized spacial score (nSPS) is 18.5. The molecule has 0 radical (unpaired) electrons. The summed E-state index contributed by atoms with van der Waals surface area (Å²) in [4.78, 5) is 42.1. The van der Waals surface area contributed by atoms with Crippen molar-refractivity contribution in [2.45, 2.75) is 38.6 Å². The van der Waals surface area contributed by atoms with Gasteiger partial charge in [0, 0.05) is 6.04 Å². The van der Waals surface area contributed by atoms with Gasteiger partial charge in [-0.05, 0) is 55.5 Å². The maximum Gasteiger partial charge on any atom is 0.336 e. The Labute approximate surface area is 169 Å². The summed E-state index contributed by atoms with van der Waals surface area (Å²) in [5.41, 5.74) is 3.30. The van der Waals surface area contributed by atoms with Crippen LogP contribution in [0.5, 0.6) is 0 Å². The van der Waals surface area contributed by atoms with Crippen LogP contribution in [0.1, 0.15) is 64.1 Å². The Balaban J connectivity index is 1.24. The third-order valence-corrected chi connectivity index (χ3v) is 5.68. The molecule has 1 aliphatic carbocycles. The topological polar surface area (TPSA) is 75.7 Å². The number of amides is 2. The van der Waals surface area contributed by atoms with Crippen LogP contribution in [-0.4, -0.2) is 29.4 Å². The number of hydrogen-bond donors (Lipinski definition) is 1. The van der Waals surface area contributed by atoms with Gasteiger partial charge in [0.15, 0.2) is 0 Å². The molecule has 0 bridgehead atoms. The SMILES string of the molecule is CC(CCCNC1CCc2ccccc21)C(=O)ON1C(=O)c2ccccc2C1=O. The van der Waals surface area contributed by atoms with Crippen molar-refractivity contribution >= 4 is 17.8 Å². The third-order valence-electron chi connectivity index (χ3n) is 5.68. The molecule has 4 rings (SSSR count). The van der Waals surface area contributed by atoms with Gasteiger partial charge in [-0.25, -0.2) is 4.79 Å². The van der Waals surface area contributed by atoms with Gasteiger partial charge in [-0.2, -0.15) is 0 Å². The first-order valence-corrected chi connectivity index (χ1v) is 10.1. The van der Waals surface area contributed by atoms with Crippen molar-refractivity contribution in [1.29, 1.82) is 0 Å². The predicted octanol–water partition coefficient (Wildman–Crippen LogP) is 3.43. The van der Waals surface area contributed by atoms with Crippen LogP contribution in [0, 0.1) is 5.92 Å². The zero-order chi connectivity index (χ0) is 20.4. The number of aryl methyl sites for hydroxylation is 1. The van der Waals surface area contributed by atoms with Crippen LogP contribution in [0.2, 0.25) is 0 Å². The second-order valence-electron chi connectivity index (χ2n) is 7.65. The van der Waals surface area contributed by atoms with Gasteiger partial charge in [-0.3, -0.25) is 9.59 Å². The minimum atomic E-state index is -0.590. The molecule has 0 saturated carbocycles. The van der Waals surface area contributed by atoms with Gasteiger partial charge < -0.3 is 10.2 Å². The van der Waals surface area contributed by atoms with Gasteiger partial charge in [0.2, 0.25) is 0 Å². The van der Waals surface area contributed by atoms with E-state index in [4.69, 9.17) is 4.84 Å². The average molecular weight is 392 g/mol. The monoisotopic (exact) mass is 392 g/mol. The van der Waals surface area contributed by atoms with Gasteiger partial charge in [0.05, 0.1) is 17.0 Å². The average Bonchev–Trinajstić information content (AvgIpc) is 3.26. The van der Waals surface area contributed by atoms with Crippen molar-refractivity contribution in [3.8, 4) is 0 Å². The highest BCUT2D eigenvalue weighted by atomic mass is 16.7. The standard InChI is InChI=1S/C23H24N2O4/c1-15(7-6-14-24-20-13-12-16-8-2-3-9-17(16)20)23(28)29-25-21(26)18-10-4-5-11-19(18)22(25)27/h2-5,8-11,15,20,24H,6-7,12-14H2,1H3. The third kappa shape index (κ3) is 3.80. The lowest BCUT2D eigenvalue weighted by Crippen LogP contribution is -2.34. The summed E-state index contributed by atoms with van der Waals surface area (Å²) < 4.78 is 0. The number of benzene rings is 2. The van der Waals surface area contributed by atoms with Crippen LogP contribution in [-0.2, 0) is 16.1 Å². The fourth-order valence-electron chi connectivity index (χ4n) is 4.00. The van der Waals surface area contributed by atoms with E-state index in [1.165, 1.54) is 11.1 Å². The van der Waals surface area contributed by atoms with Crippen molar-refractivity contribution < 1.29 is 19.2 Å². The van der Waals surface area contributed by atoms with E-state index in [2.05, 4.69) is 29.6 Å². The van der Waals surface area contributed by atoms with Crippen LogP contribution in [0.15, 0.2) is 48.5 Å². The second kappa shape index (κ2) is 8.17. The molecule has 0 saturated heterocycles. The molecule has 0 spiro atoms. The Hall–Kier alpha value is -2.99. The van der Waals surface area contributed by atoms with Crippen molar-refractivity contribution in [3.63, 3.8) is 0 Å². The maximum atomic E-state index is 12.4. The molecule has 6 heteroatoms. The van der Waals surface area contributed by atoms with E-state index in [0.29, 0.717) is 17.5 Å². The van der Waals surface area contributed by atoms with E-state index in [1.54, 1.807) is 31.2 Å². The Morgan fingerprint density at radius 3 is 2.48 bits per heavy atom. The summed E-state index contributed by atoms with van der Waals surface area (Å²) in [5.74, 6) is -2.15. The summed E-state index contributed by atoms with van der Waals surface area (Å²) in [6, 6.07) is 15.3. The summed E-state index contributed by atoms with van der Waals surface area (Å²) in [5, 5.41) is 4.14. The summed E-state index contributed by atoms with van der Waals surface area (Å²) in [6.07, 6.45) is 3.61. The zero-order valence-electron chi connectivity index (χ0n) is 16.4. The molecule has 1 aliphatic heterocycles. The minimum absolute atomic E-state index is 0.263. The van der Waals surface area contributed by atoms with Gasteiger partial charge in [0.25, 0.3) is 11.8 Å². The van der Waals surface area contributed by atoms with Crippen LogP contribution < -0.4 is 5.32 Å². The number of hydroxylamine groups is 2. The van der Waals surface area contributed by atoms with Crippen molar-refractivity contribution in [2.75, 3.05) is 6.54 Å². The number of nitrogens with one attached hydrogen (secondary N) is 1. The Morgan fingerprint density at radius 1 is 1.10 bits per heavy atom. The lowest BCUT2D eigenvalue weighted by Gasteiger charge is -2.17. The number of carbonyl (C=O) groups is 3. The van der Waals surface area contributed by atoms with E-state index in [1.807, 2.05) is 0 Å². The van der Waals surface area contributed by atoms with E-state index >= 15 is 0 Å². The van der Waals surface area contributed by atoms with Gasteiger partial charge in [-0.15, -0.1) is 0 Å². The number of hydrogen-bond acceptors (Lipinski definition) is 5. The second-order valence-corrected chi connectivity index (χ2v) is 7.65. The molecule has 0 aromatic heterocycles. The smallest absolute Gasteiger partial charge is 0.329 e. The minimum Gasteiger partial charge on any atom is -0.329 e. The molecule has 2 unspecified atom stereocenters. The Morgan fingerprint density at radius 2 is 1.76 bits per heavy atom. The molecule has 1 heterocycles. The van der Waals surface area contributed by atoms with E-state index < -0.39 is 23.7 Å². The molecule has 2 amide bonds. The predicted molar refractivity (Wildman–Crippen MR) is 107 cm³/mol. The number of nitrogens with zero attached hydrogens (tertiary/aromatic N) is 1. The number of rotatable bonds is 7. The Bertz CT molecular complexity index is 920. The van der Waals surface area contributed by atoms with E-state index in [9.17, 15) is 14.4 Å². The molecule has 0 fully saturated rings. The fourth-order valence-corrected chi connectivity index (χ4v) is 4.00. The van der Waals surface area contributed by atoms with Crippen molar-refractivity contribution in [3.05, 3.63) is 70.8 Å². The van der Waals surface area contributed by atoms with Crippen molar-refractivity contribution in [1.82, 2.24) is 10.4 Å². The number of carbonyl (C=O) groups excluding carboxylic acids is 3. The zero-order valence-corrected chi connectivity index (χ0v) is 16.4. The lowest BCUT2D eigenvalue weighted by molar-refractivity contribution is -0.173. The molecule has 2 aliphatic rings. The molecule has 2 aromatic carbocycles. The summed E-state index contributed by atoms with van der Waals surface area (Å²) in [7, 11) is 0. The highest BCUT2D eigenvalue weighted by Crippen LogP contribution is 2.30. The molecule has 6 nitrogen and oxygen atoms in total. The molecule has 29 heavy (non-hydrogen) atoms. The van der Waals surface area contributed by atoms with Gasteiger partial charge >= 0.3 is 5.97 Å². The van der Waals surface area contributed by atoms with Crippen LogP contribution in [0.3, 0.4) is 0 Å². The highest BCUT2D eigenvalue weighted by Gasteiger charge is 2.39. The molecular weight excluding hydrogens is 368 g/mol. The van der Waals surface area contributed by atoms with E-state index in [0.717, 1.165) is 25.8 Å². The Kier molecular flexibility index (Phi) is 5.45. The van der Waals surface area contributed by atoms with Gasteiger partial charge in [0.1, 0.15) is 0 Å². The lowest BCUT2D eigenvalue weighted by atomic mass is 10.1. The molecule has 2 atom stereocenters. The first-order chi connectivity index (χ1) is 14.1. The summed E-state index contributed by atoms with van der Waals surface area (Å²) >= 11 is 0. The van der Waals surface area contributed by atoms with E-state index in [-0.39, 0.29) is 11.1 Å². The summed E-state index contributed by atoms with van der Waals surface area (Å²) in [6.45, 7) is 2.55. The number of imide groups is 1. The highest BCUT2D eigenvalue weighted by molar-refractivity contribution is 6.20. The number of fused-ring (bicyclic) bond motifs is 2. The van der Waals surface area contributed by atoms with Crippen LogP contribution in [0.4, 0.5) is 0 Å². The maximum absolute atomic E-state index is 12.4. The first kappa shape index (κ1) is 19.3. The van der Waals surface area contributed by atoms with Crippen LogP contribution in [0.25, 0.3) is 0 Å². The van der Waals surface area contributed by atoms with Gasteiger partial charge in [-0.1, -0.05) is 48.4 Å².